The zero-order valence-corrected chi connectivity index (χ0v) is 17.1. The van der Waals surface area contributed by atoms with E-state index in [-0.39, 0.29) is 18.4 Å². The van der Waals surface area contributed by atoms with E-state index >= 15 is 0 Å². The number of rotatable bonds is 8. The lowest BCUT2D eigenvalue weighted by Gasteiger charge is -2.09. The van der Waals surface area contributed by atoms with Gasteiger partial charge >= 0.3 is 0 Å². The van der Waals surface area contributed by atoms with Crippen molar-refractivity contribution in [1.29, 1.82) is 0 Å². The molecular formula is C24H21N5O3. The number of para-hydroxylation sites is 1. The van der Waals surface area contributed by atoms with Crippen molar-refractivity contribution in [2.45, 2.75) is 6.61 Å². The summed E-state index contributed by atoms with van der Waals surface area (Å²) < 4.78 is 7.31. The van der Waals surface area contributed by atoms with Crippen molar-refractivity contribution in [3.05, 3.63) is 103 Å². The van der Waals surface area contributed by atoms with Gasteiger partial charge in [-0.05, 0) is 54.1 Å². The number of carbonyl (C=O) groups is 2. The van der Waals surface area contributed by atoms with E-state index in [4.69, 9.17) is 4.74 Å². The minimum absolute atomic E-state index is 0.136. The Morgan fingerprint density at radius 3 is 2.34 bits per heavy atom. The van der Waals surface area contributed by atoms with Crippen LogP contribution in [0.2, 0.25) is 0 Å². The van der Waals surface area contributed by atoms with Crippen LogP contribution in [0.4, 0.5) is 5.69 Å². The highest BCUT2D eigenvalue weighted by molar-refractivity contribution is 5.99. The molecular weight excluding hydrogens is 406 g/mol. The van der Waals surface area contributed by atoms with Gasteiger partial charge in [-0.2, -0.15) is 5.10 Å². The van der Waals surface area contributed by atoms with Crippen molar-refractivity contribution in [2.75, 3.05) is 11.9 Å². The largest absolute Gasteiger partial charge is 0.489 e. The first-order chi connectivity index (χ1) is 15.7. The van der Waals surface area contributed by atoms with Gasteiger partial charge in [0.2, 0.25) is 5.91 Å². The number of aromatic nitrogens is 3. The minimum Gasteiger partial charge on any atom is -0.489 e. The van der Waals surface area contributed by atoms with Crippen molar-refractivity contribution >= 4 is 17.5 Å². The topological polar surface area (TPSA) is 98.1 Å². The number of anilines is 1. The normalized spacial score (nSPS) is 10.4. The zero-order valence-electron chi connectivity index (χ0n) is 17.1. The van der Waals surface area contributed by atoms with Gasteiger partial charge in [-0.25, -0.2) is 9.67 Å². The minimum atomic E-state index is -0.322. The predicted octanol–water partition coefficient (Wildman–Crippen LogP) is 3.21. The summed E-state index contributed by atoms with van der Waals surface area (Å²) in [6.45, 7) is 0.270. The highest BCUT2D eigenvalue weighted by Crippen LogP contribution is 2.13. The molecule has 0 atom stereocenters. The first-order valence-corrected chi connectivity index (χ1v) is 9.97. The maximum Gasteiger partial charge on any atom is 0.251 e. The average molecular weight is 427 g/mol. The summed E-state index contributed by atoms with van der Waals surface area (Å²) in [6.07, 6.45) is 3.04. The summed E-state index contributed by atoms with van der Waals surface area (Å²) in [4.78, 5) is 28.4. The molecule has 2 amide bonds. The van der Waals surface area contributed by atoms with Gasteiger partial charge in [0, 0.05) is 11.3 Å². The monoisotopic (exact) mass is 427 g/mol. The van der Waals surface area contributed by atoms with Gasteiger partial charge in [0.1, 0.15) is 25.0 Å². The lowest BCUT2D eigenvalue weighted by atomic mass is 10.1. The number of ether oxygens (including phenoxy) is 1. The fourth-order valence-corrected chi connectivity index (χ4v) is 2.94. The lowest BCUT2D eigenvalue weighted by molar-refractivity contribution is -0.115. The number of benzene rings is 3. The summed E-state index contributed by atoms with van der Waals surface area (Å²) in [6, 6.07) is 23.7. The van der Waals surface area contributed by atoms with Gasteiger partial charge < -0.3 is 15.4 Å². The Kier molecular flexibility index (Phi) is 6.52. The maximum atomic E-state index is 12.3. The number of carbonyl (C=O) groups excluding carboxylic acids is 2. The highest BCUT2D eigenvalue weighted by Gasteiger charge is 2.09. The molecule has 0 radical (unpaired) electrons. The average Bonchev–Trinajstić information content (AvgIpc) is 3.38. The van der Waals surface area contributed by atoms with Crippen LogP contribution in [0.1, 0.15) is 15.9 Å². The van der Waals surface area contributed by atoms with Crippen LogP contribution >= 0.6 is 0 Å². The van der Waals surface area contributed by atoms with E-state index in [0.29, 0.717) is 17.9 Å². The van der Waals surface area contributed by atoms with Crippen LogP contribution in [0.5, 0.6) is 5.75 Å². The molecule has 0 unspecified atom stereocenters. The molecule has 4 aromatic rings. The third kappa shape index (κ3) is 5.57. The predicted molar refractivity (Wildman–Crippen MR) is 120 cm³/mol. The van der Waals surface area contributed by atoms with Crippen molar-refractivity contribution in [3.8, 4) is 11.4 Å². The quantitative estimate of drug-likeness (QED) is 0.450. The Hall–Kier alpha value is -4.46. The van der Waals surface area contributed by atoms with Crippen LogP contribution in [-0.2, 0) is 11.4 Å². The molecule has 1 aromatic heterocycles. The summed E-state index contributed by atoms with van der Waals surface area (Å²) in [5.41, 5.74) is 2.86. The van der Waals surface area contributed by atoms with E-state index in [0.717, 1.165) is 17.0 Å². The third-order valence-corrected chi connectivity index (χ3v) is 4.61. The van der Waals surface area contributed by atoms with Crippen LogP contribution < -0.4 is 15.4 Å². The molecule has 1 heterocycles. The zero-order chi connectivity index (χ0) is 22.2. The molecule has 0 saturated carbocycles. The second-order valence-electron chi connectivity index (χ2n) is 6.92. The molecule has 2 N–H and O–H groups in total. The first-order valence-electron chi connectivity index (χ1n) is 9.97. The fraction of sp³-hybridized carbons (Fsp3) is 0.0833. The van der Waals surface area contributed by atoms with E-state index in [9.17, 15) is 9.59 Å². The molecule has 4 rings (SSSR count). The smallest absolute Gasteiger partial charge is 0.251 e. The number of hydrogen-bond acceptors (Lipinski definition) is 5. The molecule has 8 nitrogen and oxygen atoms in total. The number of amides is 2. The van der Waals surface area contributed by atoms with Crippen molar-refractivity contribution in [2.24, 2.45) is 0 Å². The summed E-state index contributed by atoms with van der Waals surface area (Å²) in [5.74, 6) is 0.144. The second-order valence-corrected chi connectivity index (χ2v) is 6.92. The summed E-state index contributed by atoms with van der Waals surface area (Å²) in [7, 11) is 0. The van der Waals surface area contributed by atoms with E-state index in [2.05, 4.69) is 20.7 Å². The van der Waals surface area contributed by atoms with Crippen molar-refractivity contribution in [1.82, 2.24) is 20.1 Å². The first kappa shape index (κ1) is 20.8. The van der Waals surface area contributed by atoms with Gasteiger partial charge in [0.25, 0.3) is 5.91 Å². The second kappa shape index (κ2) is 10.0. The molecule has 0 aliphatic rings. The summed E-state index contributed by atoms with van der Waals surface area (Å²) in [5, 5.41) is 9.42. The lowest BCUT2D eigenvalue weighted by Crippen LogP contribution is -2.32. The molecule has 32 heavy (non-hydrogen) atoms. The van der Waals surface area contributed by atoms with Crippen LogP contribution in [0, 0.1) is 0 Å². The van der Waals surface area contributed by atoms with Gasteiger partial charge in [0.05, 0.1) is 12.2 Å². The molecule has 0 bridgehead atoms. The molecule has 0 aliphatic heterocycles. The Morgan fingerprint density at radius 1 is 0.906 bits per heavy atom. The van der Waals surface area contributed by atoms with Crippen LogP contribution in [0.3, 0.4) is 0 Å². The molecule has 0 fully saturated rings. The molecule has 0 saturated heterocycles. The van der Waals surface area contributed by atoms with Gasteiger partial charge in [-0.15, -0.1) is 0 Å². The van der Waals surface area contributed by atoms with Gasteiger partial charge in [-0.3, -0.25) is 9.59 Å². The molecule has 3 aromatic carbocycles. The maximum absolute atomic E-state index is 12.3. The van der Waals surface area contributed by atoms with E-state index in [1.54, 1.807) is 35.3 Å². The van der Waals surface area contributed by atoms with E-state index in [1.165, 1.54) is 6.33 Å². The fourth-order valence-electron chi connectivity index (χ4n) is 2.94. The SMILES string of the molecule is O=C(CNC(=O)c1ccc(COc2ccccc2)cc1)Nc1ccc(-n2cncn2)cc1. The number of nitrogens with zero attached hydrogens (tertiary/aromatic N) is 3. The van der Waals surface area contributed by atoms with Crippen molar-refractivity contribution in [3.63, 3.8) is 0 Å². The van der Waals surface area contributed by atoms with Crippen LogP contribution in [0.25, 0.3) is 5.69 Å². The Bertz CT molecular complexity index is 1160. The third-order valence-electron chi connectivity index (χ3n) is 4.61. The Morgan fingerprint density at radius 2 is 1.66 bits per heavy atom. The van der Waals surface area contributed by atoms with Gasteiger partial charge in [0.15, 0.2) is 0 Å². The highest BCUT2D eigenvalue weighted by atomic mass is 16.5. The van der Waals surface area contributed by atoms with Crippen LogP contribution in [-0.4, -0.2) is 33.1 Å². The molecule has 0 spiro atoms. The van der Waals surface area contributed by atoms with Gasteiger partial charge in [-0.1, -0.05) is 30.3 Å². The Balaban J connectivity index is 1.23. The van der Waals surface area contributed by atoms with E-state index in [1.807, 2.05) is 54.6 Å². The summed E-state index contributed by atoms with van der Waals surface area (Å²) >= 11 is 0. The number of hydrogen-bond donors (Lipinski definition) is 2. The van der Waals surface area contributed by atoms with Crippen LogP contribution in [0.15, 0.2) is 91.5 Å². The van der Waals surface area contributed by atoms with Crippen molar-refractivity contribution < 1.29 is 14.3 Å². The molecule has 160 valence electrons. The standard InChI is InChI=1S/C24H21N5O3/c30-23(28-20-10-12-21(13-11-20)29-17-25-16-27-29)14-26-24(31)19-8-6-18(7-9-19)15-32-22-4-2-1-3-5-22/h1-13,16-17H,14-15H2,(H,26,31)(H,28,30). The van der Waals surface area contributed by atoms with E-state index < -0.39 is 0 Å². The number of nitrogens with one attached hydrogen (secondary N) is 2. The Labute approximate surface area is 184 Å². The molecule has 8 heteroatoms. The molecule has 0 aliphatic carbocycles.